The van der Waals surface area contributed by atoms with Gasteiger partial charge in [-0.2, -0.15) is 10.4 Å². The Balaban J connectivity index is 2.37. The highest BCUT2D eigenvalue weighted by molar-refractivity contribution is 7.99. The molecule has 0 saturated heterocycles. The number of halogens is 2. The lowest BCUT2D eigenvalue weighted by Crippen LogP contribution is -1.90. The molecule has 1 heterocycles. The van der Waals surface area contributed by atoms with Crippen LogP contribution in [0, 0.1) is 23.0 Å². The molecule has 0 radical (unpaired) electrons. The van der Waals surface area contributed by atoms with Crippen molar-refractivity contribution >= 4 is 11.8 Å². The van der Waals surface area contributed by atoms with Crippen LogP contribution in [0.1, 0.15) is 5.56 Å². The average molecular weight is 251 g/mol. The molecule has 1 aromatic heterocycles. The van der Waals surface area contributed by atoms with Crippen LogP contribution < -0.4 is 0 Å². The third-order valence-electron chi connectivity index (χ3n) is 2.03. The summed E-state index contributed by atoms with van der Waals surface area (Å²) in [6, 6.07) is 3.73. The lowest BCUT2D eigenvalue weighted by atomic mass is 10.2. The van der Waals surface area contributed by atoms with E-state index in [4.69, 9.17) is 5.26 Å². The second-order valence-electron chi connectivity index (χ2n) is 3.33. The molecule has 0 saturated carbocycles. The summed E-state index contributed by atoms with van der Waals surface area (Å²) in [4.78, 5) is 0.506. The number of nitriles is 1. The Morgan fingerprint density at radius 1 is 1.35 bits per heavy atom. The van der Waals surface area contributed by atoms with Crippen molar-refractivity contribution in [3.8, 4) is 6.07 Å². The molecule has 3 nitrogen and oxygen atoms in total. The topological polar surface area (TPSA) is 41.6 Å². The van der Waals surface area contributed by atoms with Gasteiger partial charge < -0.3 is 0 Å². The second kappa shape index (κ2) is 4.55. The summed E-state index contributed by atoms with van der Waals surface area (Å²) in [7, 11) is 1.72. The highest BCUT2D eigenvalue weighted by Gasteiger charge is 2.13. The summed E-state index contributed by atoms with van der Waals surface area (Å²) in [6.45, 7) is 0. The summed E-state index contributed by atoms with van der Waals surface area (Å²) in [5, 5.41) is 12.5. The van der Waals surface area contributed by atoms with Crippen molar-refractivity contribution in [2.45, 2.75) is 9.79 Å². The summed E-state index contributed by atoms with van der Waals surface area (Å²) >= 11 is 0.938. The molecule has 0 aliphatic heterocycles. The number of hydrogen-bond donors (Lipinski definition) is 0. The maximum atomic E-state index is 13.6. The van der Waals surface area contributed by atoms with Gasteiger partial charge in [0.25, 0.3) is 0 Å². The minimum atomic E-state index is -0.740. The molecule has 0 fully saturated rings. The van der Waals surface area contributed by atoms with E-state index in [1.54, 1.807) is 24.0 Å². The maximum absolute atomic E-state index is 13.6. The zero-order valence-electron chi connectivity index (χ0n) is 8.82. The van der Waals surface area contributed by atoms with Crippen LogP contribution in [0.2, 0.25) is 0 Å². The minimum absolute atomic E-state index is 0.0319. The Hall–Kier alpha value is -1.87. The van der Waals surface area contributed by atoms with E-state index in [0.717, 1.165) is 23.9 Å². The van der Waals surface area contributed by atoms with Crippen LogP contribution in [0.25, 0.3) is 0 Å². The van der Waals surface area contributed by atoms with Crippen molar-refractivity contribution in [1.29, 1.82) is 5.26 Å². The van der Waals surface area contributed by atoms with E-state index in [1.807, 2.05) is 0 Å². The van der Waals surface area contributed by atoms with Gasteiger partial charge in [-0.3, -0.25) is 4.68 Å². The Labute approximate surface area is 101 Å². The molecule has 0 atom stereocenters. The quantitative estimate of drug-likeness (QED) is 0.824. The minimum Gasteiger partial charge on any atom is -0.275 e. The fourth-order valence-electron chi connectivity index (χ4n) is 1.29. The van der Waals surface area contributed by atoms with E-state index in [9.17, 15) is 8.78 Å². The molecule has 2 aromatic rings. The molecule has 0 N–H and O–H groups in total. The standard InChI is InChI=1S/C11H7F2N3S/c1-16-6-8(5-15-16)17-11-9(12)2-7(4-14)3-10(11)13/h2-3,5-6H,1H3. The Kier molecular flexibility index (Phi) is 3.11. The van der Waals surface area contributed by atoms with E-state index >= 15 is 0 Å². The molecule has 0 aliphatic rings. The fraction of sp³-hybridized carbons (Fsp3) is 0.0909. The number of aryl methyl sites for hydroxylation is 1. The lowest BCUT2D eigenvalue weighted by Gasteiger charge is -2.03. The molecular formula is C11H7F2N3S. The molecule has 1 aromatic carbocycles. The first-order valence-electron chi connectivity index (χ1n) is 4.66. The molecular weight excluding hydrogens is 244 g/mol. The predicted octanol–water partition coefficient (Wildman–Crippen LogP) is 2.72. The zero-order chi connectivity index (χ0) is 12.4. The van der Waals surface area contributed by atoms with Crippen molar-refractivity contribution in [3.05, 3.63) is 41.7 Å². The number of rotatable bonds is 2. The van der Waals surface area contributed by atoms with Crippen molar-refractivity contribution in [1.82, 2.24) is 9.78 Å². The normalized spacial score (nSPS) is 10.2. The van der Waals surface area contributed by atoms with E-state index in [-0.39, 0.29) is 10.5 Å². The van der Waals surface area contributed by atoms with Gasteiger partial charge in [-0.05, 0) is 12.1 Å². The first kappa shape index (κ1) is 11.6. The number of hydrogen-bond acceptors (Lipinski definition) is 3. The molecule has 0 bridgehead atoms. The SMILES string of the molecule is Cn1cc(Sc2c(F)cc(C#N)cc2F)cn1. The van der Waals surface area contributed by atoms with Gasteiger partial charge in [-0.25, -0.2) is 8.78 Å². The van der Waals surface area contributed by atoms with Gasteiger partial charge in [-0.15, -0.1) is 0 Å². The van der Waals surface area contributed by atoms with Crippen LogP contribution >= 0.6 is 11.8 Å². The first-order valence-corrected chi connectivity index (χ1v) is 5.47. The third kappa shape index (κ3) is 2.45. The Morgan fingerprint density at radius 3 is 2.47 bits per heavy atom. The summed E-state index contributed by atoms with van der Waals surface area (Å²) in [5.74, 6) is -1.48. The molecule has 6 heteroatoms. The smallest absolute Gasteiger partial charge is 0.141 e. The third-order valence-corrected chi connectivity index (χ3v) is 3.07. The molecule has 0 spiro atoms. The zero-order valence-corrected chi connectivity index (χ0v) is 9.63. The van der Waals surface area contributed by atoms with Crippen LogP contribution in [-0.2, 0) is 7.05 Å². The van der Waals surface area contributed by atoms with E-state index in [0.29, 0.717) is 4.90 Å². The van der Waals surface area contributed by atoms with Crippen LogP contribution in [0.4, 0.5) is 8.78 Å². The Bertz CT molecular complexity index is 578. The van der Waals surface area contributed by atoms with Crippen molar-refractivity contribution < 1.29 is 8.78 Å². The number of nitrogens with zero attached hydrogens (tertiary/aromatic N) is 3. The average Bonchev–Trinajstić information content (AvgIpc) is 2.69. The van der Waals surface area contributed by atoms with Gasteiger partial charge in [-0.1, -0.05) is 11.8 Å². The van der Waals surface area contributed by atoms with Gasteiger partial charge in [0, 0.05) is 13.2 Å². The first-order chi connectivity index (χ1) is 8.10. The van der Waals surface area contributed by atoms with Crippen LogP contribution in [0.5, 0.6) is 0 Å². The van der Waals surface area contributed by atoms with E-state index in [2.05, 4.69) is 5.10 Å². The Morgan fingerprint density at radius 2 is 2.00 bits per heavy atom. The number of aromatic nitrogens is 2. The van der Waals surface area contributed by atoms with Crippen molar-refractivity contribution in [2.75, 3.05) is 0 Å². The molecule has 0 aliphatic carbocycles. The van der Waals surface area contributed by atoms with Crippen molar-refractivity contribution in [3.63, 3.8) is 0 Å². The summed E-state index contributed by atoms with van der Waals surface area (Å²) < 4.78 is 28.6. The van der Waals surface area contributed by atoms with Gasteiger partial charge in [0.2, 0.25) is 0 Å². The fourth-order valence-corrected chi connectivity index (χ4v) is 2.14. The molecule has 0 amide bonds. The van der Waals surface area contributed by atoms with Crippen LogP contribution in [0.3, 0.4) is 0 Å². The highest BCUT2D eigenvalue weighted by atomic mass is 32.2. The van der Waals surface area contributed by atoms with E-state index < -0.39 is 11.6 Å². The second-order valence-corrected chi connectivity index (χ2v) is 4.42. The van der Waals surface area contributed by atoms with Gasteiger partial charge in [0.1, 0.15) is 11.6 Å². The van der Waals surface area contributed by atoms with Crippen LogP contribution in [0.15, 0.2) is 34.3 Å². The van der Waals surface area contributed by atoms with Gasteiger partial charge >= 0.3 is 0 Å². The maximum Gasteiger partial charge on any atom is 0.141 e. The van der Waals surface area contributed by atoms with E-state index in [1.165, 1.54) is 6.20 Å². The molecule has 86 valence electrons. The largest absolute Gasteiger partial charge is 0.275 e. The predicted molar refractivity (Wildman–Crippen MR) is 58.4 cm³/mol. The van der Waals surface area contributed by atoms with Crippen molar-refractivity contribution in [2.24, 2.45) is 7.05 Å². The number of benzene rings is 1. The molecule has 0 unspecified atom stereocenters. The molecule has 2 rings (SSSR count). The lowest BCUT2D eigenvalue weighted by molar-refractivity contribution is 0.540. The summed E-state index contributed by atoms with van der Waals surface area (Å²) in [5.41, 5.74) is -0.0319. The molecule has 17 heavy (non-hydrogen) atoms. The van der Waals surface area contributed by atoms with Gasteiger partial charge in [0.15, 0.2) is 0 Å². The van der Waals surface area contributed by atoms with Gasteiger partial charge in [0.05, 0.1) is 27.6 Å². The van der Waals surface area contributed by atoms with Crippen LogP contribution in [-0.4, -0.2) is 9.78 Å². The summed E-state index contributed by atoms with van der Waals surface area (Å²) in [6.07, 6.45) is 3.17. The monoisotopic (exact) mass is 251 g/mol. The highest BCUT2D eigenvalue weighted by Crippen LogP contribution is 2.32.